The Hall–Kier alpha value is -3.75. The molecule has 0 aliphatic carbocycles. The lowest BCUT2D eigenvalue weighted by atomic mass is 10.1. The van der Waals surface area contributed by atoms with E-state index in [0.29, 0.717) is 17.9 Å². The fourth-order valence-electron chi connectivity index (χ4n) is 3.27. The molecule has 3 aromatic rings. The maximum absolute atomic E-state index is 12.9. The van der Waals surface area contributed by atoms with E-state index in [9.17, 15) is 9.59 Å². The Bertz CT molecular complexity index is 1160. The number of rotatable bonds is 12. The minimum absolute atomic E-state index is 0.0834. The van der Waals surface area contributed by atoms with Crippen molar-refractivity contribution in [2.45, 2.75) is 11.3 Å². The summed E-state index contributed by atoms with van der Waals surface area (Å²) in [6.45, 7) is 0.375. The van der Waals surface area contributed by atoms with Gasteiger partial charge in [0.25, 0.3) is 11.8 Å². The van der Waals surface area contributed by atoms with E-state index in [1.54, 1.807) is 49.2 Å². The molecule has 0 bridgehead atoms. The number of carbonyl (C=O) groups excluding carboxylic acids is 2. The molecule has 0 heterocycles. The number of hydrogen-bond acceptors (Lipinski definition) is 6. The molecule has 0 saturated heterocycles. The molecule has 0 aliphatic rings. The van der Waals surface area contributed by atoms with E-state index in [-0.39, 0.29) is 18.8 Å². The SMILES string of the molecule is COc1ccc(CCOc2ccc(C(=O)NC(=Cc3ccc(SC)cc3)C(=O)NCCO)cc2)cc1. The molecule has 0 fully saturated rings. The highest BCUT2D eigenvalue weighted by Crippen LogP contribution is 2.17. The number of hydrogen-bond donors (Lipinski definition) is 3. The molecule has 0 saturated carbocycles. The minimum Gasteiger partial charge on any atom is -0.497 e. The van der Waals surface area contributed by atoms with Crippen LogP contribution in [0, 0.1) is 0 Å². The van der Waals surface area contributed by atoms with Gasteiger partial charge in [0, 0.05) is 23.4 Å². The molecule has 8 heteroatoms. The summed E-state index contributed by atoms with van der Waals surface area (Å²) in [5, 5.41) is 14.3. The third-order valence-corrected chi connectivity index (χ3v) is 6.00. The number of benzene rings is 3. The fraction of sp³-hybridized carbons (Fsp3) is 0.214. The molecule has 0 atom stereocenters. The van der Waals surface area contributed by atoms with Crippen LogP contribution < -0.4 is 20.1 Å². The van der Waals surface area contributed by atoms with Gasteiger partial charge in [-0.1, -0.05) is 24.3 Å². The van der Waals surface area contributed by atoms with E-state index in [4.69, 9.17) is 14.6 Å². The quantitative estimate of drug-likeness (QED) is 0.255. The van der Waals surface area contributed by atoms with E-state index in [0.717, 1.165) is 28.2 Å². The van der Waals surface area contributed by atoms with Gasteiger partial charge < -0.3 is 25.2 Å². The highest BCUT2D eigenvalue weighted by atomic mass is 32.2. The first kappa shape index (κ1) is 26.8. The topological polar surface area (TPSA) is 96.9 Å². The lowest BCUT2D eigenvalue weighted by molar-refractivity contribution is -0.117. The maximum Gasteiger partial charge on any atom is 0.267 e. The highest BCUT2D eigenvalue weighted by molar-refractivity contribution is 7.98. The standard InChI is InChI=1S/C28H30N2O5S/c1-34-23-9-3-20(4-10-23)15-18-35-24-11-7-22(8-12-24)27(32)30-26(28(33)29-16-17-31)19-21-5-13-25(36-2)14-6-21/h3-14,19,31H,15-18H2,1-2H3,(H,29,33)(H,30,32). The Balaban J connectivity index is 1.62. The summed E-state index contributed by atoms with van der Waals surface area (Å²) in [5.74, 6) is 0.548. The summed E-state index contributed by atoms with van der Waals surface area (Å²) in [7, 11) is 1.63. The zero-order valence-corrected chi connectivity index (χ0v) is 21.1. The third-order valence-electron chi connectivity index (χ3n) is 5.25. The smallest absolute Gasteiger partial charge is 0.267 e. The van der Waals surface area contributed by atoms with Gasteiger partial charge in [-0.05, 0) is 72.0 Å². The van der Waals surface area contributed by atoms with Crippen molar-refractivity contribution >= 4 is 29.7 Å². The number of methoxy groups -OCH3 is 1. The molecule has 0 radical (unpaired) electrons. The van der Waals surface area contributed by atoms with E-state index in [1.165, 1.54) is 0 Å². The highest BCUT2D eigenvalue weighted by Gasteiger charge is 2.14. The Morgan fingerprint density at radius 3 is 2.22 bits per heavy atom. The average Bonchev–Trinajstić information content (AvgIpc) is 2.92. The Morgan fingerprint density at radius 1 is 0.944 bits per heavy atom. The van der Waals surface area contributed by atoms with Crippen LogP contribution in [0.1, 0.15) is 21.5 Å². The first-order valence-corrected chi connectivity index (χ1v) is 12.7. The minimum atomic E-state index is -0.482. The van der Waals surface area contributed by atoms with Gasteiger partial charge in [0.05, 0.1) is 20.3 Å². The van der Waals surface area contributed by atoms with Crippen molar-refractivity contribution in [3.63, 3.8) is 0 Å². The van der Waals surface area contributed by atoms with Crippen LogP contribution in [0.15, 0.2) is 83.4 Å². The summed E-state index contributed by atoms with van der Waals surface area (Å²) >= 11 is 1.62. The van der Waals surface area contributed by atoms with Crippen molar-refractivity contribution in [2.24, 2.45) is 0 Å². The molecular formula is C28H30N2O5S. The van der Waals surface area contributed by atoms with Crippen LogP contribution >= 0.6 is 11.8 Å². The summed E-state index contributed by atoms with van der Waals surface area (Å²) in [5.41, 5.74) is 2.37. The maximum atomic E-state index is 12.9. The van der Waals surface area contributed by atoms with E-state index in [2.05, 4.69) is 10.6 Å². The molecule has 7 nitrogen and oxygen atoms in total. The second-order valence-corrected chi connectivity index (χ2v) is 8.62. The molecule has 0 unspecified atom stereocenters. The van der Waals surface area contributed by atoms with E-state index in [1.807, 2.05) is 54.8 Å². The number of amides is 2. The van der Waals surface area contributed by atoms with Crippen LogP contribution in [-0.2, 0) is 11.2 Å². The Morgan fingerprint density at radius 2 is 1.61 bits per heavy atom. The number of aliphatic hydroxyl groups excluding tert-OH is 1. The normalized spacial score (nSPS) is 11.0. The lowest BCUT2D eigenvalue weighted by Crippen LogP contribution is -2.36. The molecule has 0 aromatic heterocycles. The molecule has 188 valence electrons. The zero-order valence-electron chi connectivity index (χ0n) is 20.3. The summed E-state index contributed by atoms with van der Waals surface area (Å²) in [6, 6.07) is 22.2. The van der Waals surface area contributed by atoms with Crippen LogP contribution in [0.2, 0.25) is 0 Å². The zero-order chi connectivity index (χ0) is 25.8. The van der Waals surface area contributed by atoms with Gasteiger partial charge in [-0.15, -0.1) is 11.8 Å². The van der Waals surface area contributed by atoms with Crippen LogP contribution in [0.25, 0.3) is 6.08 Å². The predicted octanol–water partition coefficient (Wildman–Crippen LogP) is 3.92. The molecule has 0 spiro atoms. The molecule has 3 N–H and O–H groups in total. The molecule has 3 aromatic carbocycles. The predicted molar refractivity (Wildman–Crippen MR) is 142 cm³/mol. The first-order valence-electron chi connectivity index (χ1n) is 11.4. The molecule has 2 amide bonds. The summed E-state index contributed by atoms with van der Waals surface area (Å²) < 4.78 is 11.0. The molecule has 0 aliphatic heterocycles. The lowest BCUT2D eigenvalue weighted by Gasteiger charge is -2.11. The van der Waals surface area contributed by atoms with E-state index < -0.39 is 11.8 Å². The molecule has 36 heavy (non-hydrogen) atoms. The molecule has 3 rings (SSSR count). The number of ether oxygens (including phenoxy) is 2. The largest absolute Gasteiger partial charge is 0.497 e. The van der Waals surface area contributed by atoms with E-state index >= 15 is 0 Å². The number of thioether (sulfide) groups is 1. The van der Waals surface area contributed by atoms with Gasteiger partial charge in [-0.25, -0.2) is 0 Å². The van der Waals surface area contributed by atoms with Crippen LogP contribution in [-0.4, -0.2) is 50.0 Å². The van der Waals surface area contributed by atoms with Crippen molar-refractivity contribution in [1.29, 1.82) is 0 Å². The van der Waals surface area contributed by atoms with Gasteiger partial charge in [0.1, 0.15) is 17.2 Å². The van der Waals surface area contributed by atoms with Crippen LogP contribution in [0.5, 0.6) is 11.5 Å². The van der Waals surface area contributed by atoms with Gasteiger partial charge in [-0.2, -0.15) is 0 Å². The number of nitrogens with one attached hydrogen (secondary N) is 2. The van der Waals surface area contributed by atoms with Crippen LogP contribution in [0.4, 0.5) is 0 Å². The second kappa shape index (κ2) is 14.0. The number of aliphatic hydroxyl groups is 1. The average molecular weight is 507 g/mol. The fourth-order valence-corrected chi connectivity index (χ4v) is 3.67. The van der Waals surface area contributed by atoms with Gasteiger partial charge >= 0.3 is 0 Å². The summed E-state index contributed by atoms with van der Waals surface area (Å²) in [6.07, 6.45) is 4.32. The Labute approximate surface area is 215 Å². The van der Waals surface area contributed by atoms with Gasteiger partial charge in [0.15, 0.2) is 0 Å². The van der Waals surface area contributed by atoms with Crippen molar-refractivity contribution < 1.29 is 24.2 Å². The van der Waals surface area contributed by atoms with Crippen molar-refractivity contribution in [3.05, 3.63) is 95.2 Å². The third kappa shape index (κ3) is 8.18. The van der Waals surface area contributed by atoms with Crippen molar-refractivity contribution in [1.82, 2.24) is 10.6 Å². The molecular weight excluding hydrogens is 476 g/mol. The monoisotopic (exact) mass is 506 g/mol. The van der Waals surface area contributed by atoms with Gasteiger partial charge in [0.2, 0.25) is 0 Å². The number of carbonyl (C=O) groups is 2. The summed E-state index contributed by atoms with van der Waals surface area (Å²) in [4.78, 5) is 26.5. The van der Waals surface area contributed by atoms with Gasteiger partial charge in [-0.3, -0.25) is 9.59 Å². The van der Waals surface area contributed by atoms with Crippen LogP contribution in [0.3, 0.4) is 0 Å². The van der Waals surface area contributed by atoms with Crippen molar-refractivity contribution in [2.75, 3.05) is 33.1 Å². The first-order chi connectivity index (χ1) is 17.5. The van der Waals surface area contributed by atoms with Crippen molar-refractivity contribution in [3.8, 4) is 11.5 Å². The Kier molecular flexibility index (Phi) is 10.4. The second-order valence-electron chi connectivity index (χ2n) is 7.74.